The van der Waals surface area contributed by atoms with Crippen molar-refractivity contribution in [2.75, 3.05) is 26.2 Å². The lowest BCUT2D eigenvalue weighted by Gasteiger charge is -2.28. The van der Waals surface area contributed by atoms with Gasteiger partial charge in [-0.3, -0.25) is 4.90 Å². The van der Waals surface area contributed by atoms with Crippen LogP contribution in [0.25, 0.3) is 0 Å². The van der Waals surface area contributed by atoms with Crippen molar-refractivity contribution in [3.8, 4) is 0 Å². The third-order valence-corrected chi connectivity index (χ3v) is 4.48. The van der Waals surface area contributed by atoms with E-state index in [0.29, 0.717) is 12.0 Å². The highest BCUT2D eigenvalue weighted by Gasteiger charge is 2.21. The first-order chi connectivity index (χ1) is 9.99. The number of hydrogen-bond donors (Lipinski definition) is 1. The van der Waals surface area contributed by atoms with E-state index < -0.39 is 0 Å². The Balaban J connectivity index is 2.02. The van der Waals surface area contributed by atoms with Gasteiger partial charge in [-0.1, -0.05) is 38.1 Å². The zero-order valence-electron chi connectivity index (χ0n) is 13.4. The number of nitrogens with zero attached hydrogens (tertiary/aromatic N) is 2. The van der Waals surface area contributed by atoms with Crippen LogP contribution in [0.4, 0.5) is 4.79 Å². The van der Waals surface area contributed by atoms with E-state index in [1.807, 2.05) is 0 Å². The van der Waals surface area contributed by atoms with Crippen molar-refractivity contribution in [2.24, 2.45) is 5.73 Å². The first kappa shape index (κ1) is 15.8. The average molecular weight is 289 g/mol. The van der Waals surface area contributed by atoms with Crippen LogP contribution in [0.2, 0.25) is 0 Å². The minimum Gasteiger partial charge on any atom is -0.351 e. The predicted octanol–water partition coefficient (Wildman–Crippen LogP) is 2.96. The van der Waals surface area contributed by atoms with E-state index in [0.717, 1.165) is 32.6 Å². The Morgan fingerprint density at radius 3 is 2.19 bits per heavy atom. The fraction of sp³-hybridized carbons (Fsp3) is 0.588. The second kappa shape index (κ2) is 6.94. The van der Waals surface area contributed by atoms with E-state index >= 15 is 0 Å². The monoisotopic (exact) mass is 289 g/mol. The standard InChI is InChI=1S/C17H27N3O/c1-13(2)15-5-7-16(8-6-15)14(3)19-9-4-10-20(12-11-19)17(18)21/h5-8,13-14H,4,9-12H2,1-3H3,(H2,18,21)/t14-/m0/s1. The molecule has 0 spiro atoms. The van der Waals surface area contributed by atoms with Gasteiger partial charge >= 0.3 is 6.03 Å². The molecule has 1 saturated heterocycles. The van der Waals surface area contributed by atoms with Gasteiger partial charge in [-0.05, 0) is 30.4 Å². The summed E-state index contributed by atoms with van der Waals surface area (Å²) in [6.45, 7) is 10.1. The molecule has 1 aliphatic rings. The smallest absolute Gasteiger partial charge is 0.314 e. The van der Waals surface area contributed by atoms with Crippen LogP contribution in [0.5, 0.6) is 0 Å². The van der Waals surface area contributed by atoms with Crippen LogP contribution in [-0.2, 0) is 0 Å². The van der Waals surface area contributed by atoms with Crippen LogP contribution in [0, 0.1) is 0 Å². The summed E-state index contributed by atoms with van der Waals surface area (Å²) in [5, 5.41) is 0. The highest BCUT2D eigenvalue weighted by molar-refractivity contribution is 5.71. The van der Waals surface area contributed by atoms with Crippen LogP contribution in [-0.4, -0.2) is 42.0 Å². The Labute approximate surface area is 127 Å². The van der Waals surface area contributed by atoms with Crippen molar-refractivity contribution in [3.63, 3.8) is 0 Å². The molecule has 0 aromatic heterocycles. The van der Waals surface area contributed by atoms with Crippen molar-refractivity contribution < 1.29 is 4.79 Å². The maximum absolute atomic E-state index is 11.3. The second-order valence-corrected chi connectivity index (χ2v) is 6.21. The summed E-state index contributed by atoms with van der Waals surface area (Å²) in [4.78, 5) is 15.5. The van der Waals surface area contributed by atoms with Gasteiger partial charge in [0.25, 0.3) is 0 Å². The highest BCUT2D eigenvalue weighted by atomic mass is 16.2. The van der Waals surface area contributed by atoms with E-state index in [-0.39, 0.29) is 6.03 Å². The summed E-state index contributed by atoms with van der Waals surface area (Å²) in [6.07, 6.45) is 0.983. The molecule has 1 atom stereocenters. The van der Waals surface area contributed by atoms with Crippen molar-refractivity contribution in [1.29, 1.82) is 0 Å². The quantitative estimate of drug-likeness (QED) is 0.930. The fourth-order valence-electron chi connectivity index (χ4n) is 2.92. The average Bonchev–Trinajstić information content (AvgIpc) is 2.72. The van der Waals surface area contributed by atoms with Gasteiger partial charge in [-0.2, -0.15) is 0 Å². The number of carbonyl (C=O) groups is 1. The van der Waals surface area contributed by atoms with Crippen molar-refractivity contribution in [1.82, 2.24) is 9.80 Å². The number of benzene rings is 1. The van der Waals surface area contributed by atoms with E-state index in [4.69, 9.17) is 5.73 Å². The molecule has 0 bridgehead atoms. The fourth-order valence-corrected chi connectivity index (χ4v) is 2.92. The topological polar surface area (TPSA) is 49.6 Å². The highest BCUT2D eigenvalue weighted by Crippen LogP contribution is 2.24. The molecule has 116 valence electrons. The number of nitrogens with two attached hydrogens (primary N) is 1. The Bertz CT molecular complexity index is 469. The Kier molecular flexibility index (Phi) is 5.23. The van der Waals surface area contributed by atoms with E-state index in [2.05, 4.69) is 49.9 Å². The van der Waals surface area contributed by atoms with E-state index in [9.17, 15) is 4.79 Å². The van der Waals surface area contributed by atoms with Crippen LogP contribution < -0.4 is 5.73 Å². The molecule has 1 fully saturated rings. The molecule has 1 aromatic rings. The third kappa shape index (κ3) is 3.97. The molecule has 0 unspecified atom stereocenters. The van der Waals surface area contributed by atoms with Gasteiger partial charge in [0.05, 0.1) is 0 Å². The third-order valence-electron chi connectivity index (χ3n) is 4.48. The summed E-state index contributed by atoms with van der Waals surface area (Å²) >= 11 is 0. The SMILES string of the molecule is CC(C)c1ccc([C@H](C)N2CCCN(C(N)=O)CC2)cc1. The van der Waals surface area contributed by atoms with Crippen molar-refractivity contribution in [3.05, 3.63) is 35.4 Å². The maximum atomic E-state index is 11.3. The maximum Gasteiger partial charge on any atom is 0.314 e. The van der Waals surface area contributed by atoms with Gasteiger partial charge in [-0.15, -0.1) is 0 Å². The van der Waals surface area contributed by atoms with Gasteiger partial charge in [0.2, 0.25) is 0 Å². The summed E-state index contributed by atoms with van der Waals surface area (Å²) in [7, 11) is 0. The van der Waals surface area contributed by atoms with Gasteiger partial charge in [0.1, 0.15) is 0 Å². The Hall–Kier alpha value is -1.55. The largest absolute Gasteiger partial charge is 0.351 e. The minimum atomic E-state index is -0.300. The Morgan fingerprint density at radius 2 is 1.62 bits per heavy atom. The second-order valence-electron chi connectivity index (χ2n) is 6.21. The molecule has 2 rings (SSSR count). The minimum absolute atomic E-state index is 0.300. The van der Waals surface area contributed by atoms with Crippen LogP contribution in [0.1, 0.15) is 50.3 Å². The lowest BCUT2D eigenvalue weighted by Crippen LogP contribution is -2.39. The molecular formula is C17H27N3O. The summed E-state index contributed by atoms with van der Waals surface area (Å²) in [6, 6.07) is 8.99. The van der Waals surface area contributed by atoms with Crippen LogP contribution >= 0.6 is 0 Å². The molecule has 4 heteroatoms. The van der Waals surface area contributed by atoms with Gasteiger partial charge in [0, 0.05) is 32.2 Å². The molecule has 21 heavy (non-hydrogen) atoms. The van der Waals surface area contributed by atoms with Gasteiger partial charge in [-0.25, -0.2) is 4.79 Å². The lowest BCUT2D eigenvalue weighted by molar-refractivity contribution is 0.198. The molecule has 1 aliphatic heterocycles. The molecule has 2 N–H and O–H groups in total. The van der Waals surface area contributed by atoms with Crippen LogP contribution in [0.15, 0.2) is 24.3 Å². The summed E-state index contributed by atoms with van der Waals surface area (Å²) in [5.41, 5.74) is 8.10. The molecule has 1 heterocycles. The van der Waals surface area contributed by atoms with Crippen molar-refractivity contribution in [2.45, 2.75) is 39.2 Å². The van der Waals surface area contributed by atoms with E-state index in [1.54, 1.807) is 4.90 Å². The zero-order valence-corrected chi connectivity index (χ0v) is 13.4. The molecule has 0 radical (unpaired) electrons. The number of urea groups is 1. The van der Waals surface area contributed by atoms with Crippen molar-refractivity contribution >= 4 is 6.03 Å². The summed E-state index contributed by atoms with van der Waals surface area (Å²) < 4.78 is 0. The molecule has 1 aromatic carbocycles. The van der Waals surface area contributed by atoms with E-state index in [1.165, 1.54) is 11.1 Å². The lowest BCUT2D eigenvalue weighted by atomic mass is 9.99. The number of hydrogen-bond acceptors (Lipinski definition) is 2. The molecule has 2 amide bonds. The van der Waals surface area contributed by atoms with Gasteiger partial charge < -0.3 is 10.6 Å². The number of rotatable bonds is 3. The predicted molar refractivity (Wildman–Crippen MR) is 86.3 cm³/mol. The Morgan fingerprint density at radius 1 is 1.00 bits per heavy atom. The first-order valence-corrected chi connectivity index (χ1v) is 7.87. The molecule has 4 nitrogen and oxygen atoms in total. The molecular weight excluding hydrogens is 262 g/mol. The number of amides is 2. The normalized spacial score (nSPS) is 18.6. The van der Waals surface area contributed by atoms with Gasteiger partial charge in [0.15, 0.2) is 0 Å². The van der Waals surface area contributed by atoms with Crippen LogP contribution in [0.3, 0.4) is 0 Å². The summed E-state index contributed by atoms with van der Waals surface area (Å²) in [5.74, 6) is 0.566. The number of primary amides is 1. The molecule has 0 saturated carbocycles. The zero-order chi connectivity index (χ0) is 15.4. The molecule has 0 aliphatic carbocycles. The number of carbonyl (C=O) groups excluding carboxylic acids is 1. The first-order valence-electron chi connectivity index (χ1n) is 7.87.